The van der Waals surface area contributed by atoms with E-state index in [4.69, 9.17) is 10.3 Å². The van der Waals surface area contributed by atoms with Gasteiger partial charge in [0.05, 0.1) is 6.04 Å². The lowest BCUT2D eigenvalue weighted by Gasteiger charge is -2.11. The summed E-state index contributed by atoms with van der Waals surface area (Å²) in [5.74, 6) is -3.08. The average Bonchev–Trinajstić information content (AvgIpc) is 2.82. The molecule has 1 aromatic heterocycles. The fourth-order valence-corrected chi connectivity index (χ4v) is 1.58. The Morgan fingerprint density at radius 2 is 1.70 bits per heavy atom. The van der Waals surface area contributed by atoms with Crippen molar-refractivity contribution in [1.29, 1.82) is 0 Å². The van der Waals surface area contributed by atoms with Crippen molar-refractivity contribution in [1.82, 2.24) is 10.1 Å². The first-order chi connectivity index (χ1) is 9.20. The van der Waals surface area contributed by atoms with Crippen LogP contribution in [0.2, 0.25) is 0 Å². The van der Waals surface area contributed by atoms with Crippen LogP contribution in [0.3, 0.4) is 0 Å². The second-order valence-corrected chi connectivity index (χ2v) is 5.47. The molecule has 1 aromatic carbocycles. The highest BCUT2D eigenvalue weighted by Gasteiger charge is 2.26. The monoisotopic (exact) mass is 285 g/mol. The summed E-state index contributed by atoms with van der Waals surface area (Å²) < 4.78 is 44.7. The Morgan fingerprint density at radius 3 is 2.25 bits per heavy atom. The molecule has 0 radical (unpaired) electrons. The van der Waals surface area contributed by atoms with Crippen molar-refractivity contribution in [3.8, 4) is 0 Å². The minimum absolute atomic E-state index is 0.0137. The third-order valence-electron chi connectivity index (χ3n) is 2.74. The highest BCUT2D eigenvalue weighted by atomic mass is 19.2. The van der Waals surface area contributed by atoms with Crippen molar-refractivity contribution in [2.45, 2.75) is 32.2 Å². The first kappa shape index (κ1) is 14.5. The highest BCUT2D eigenvalue weighted by Crippen LogP contribution is 2.25. The van der Waals surface area contributed by atoms with Crippen molar-refractivity contribution < 1.29 is 17.7 Å². The van der Waals surface area contributed by atoms with Crippen molar-refractivity contribution >= 4 is 0 Å². The van der Waals surface area contributed by atoms with Gasteiger partial charge in [-0.15, -0.1) is 0 Å². The average molecular weight is 285 g/mol. The van der Waals surface area contributed by atoms with Gasteiger partial charge in [-0.2, -0.15) is 4.98 Å². The van der Waals surface area contributed by atoms with Gasteiger partial charge in [-0.05, 0) is 6.07 Å². The molecule has 0 aliphatic heterocycles. The standard InChI is InChI=1S/C13H14F3N3O/c1-13(2,3)12-18-11(19-20-12)10(17)6-4-8(15)9(16)5-7(6)14/h4-5,10H,17H2,1-3H3. The van der Waals surface area contributed by atoms with Crippen LogP contribution in [0, 0.1) is 17.5 Å². The van der Waals surface area contributed by atoms with Crippen molar-refractivity contribution in [2.75, 3.05) is 0 Å². The van der Waals surface area contributed by atoms with Gasteiger partial charge in [0.2, 0.25) is 5.89 Å². The lowest BCUT2D eigenvalue weighted by molar-refractivity contribution is 0.317. The van der Waals surface area contributed by atoms with Crippen LogP contribution in [-0.4, -0.2) is 10.1 Å². The van der Waals surface area contributed by atoms with Crippen molar-refractivity contribution in [3.05, 3.63) is 46.9 Å². The largest absolute Gasteiger partial charge is 0.339 e. The molecule has 0 fully saturated rings. The zero-order valence-electron chi connectivity index (χ0n) is 11.2. The normalized spacial score (nSPS) is 13.6. The van der Waals surface area contributed by atoms with Gasteiger partial charge in [0.25, 0.3) is 0 Å². The molecule has 20 heavy (non-hydrogen) atoms. The van der Waals surface area contributed by atoms with Crippen LogP contribution < -0.4 is 5.73 Å². The summed E-state index contributed by atoms with van der Waals surface area (Å²) in [6.45, 7) is 5.57. The van der Waals surface area contributed by atoms with Gasteiger partial charge in [0.1, 0.15) is 5.82 Å². The number of aromatic nitrogens is 2. The first-order valence-electron chi connectivity index (χ1n) is 5.94. The van der Waals surface area contributed by atoms with E-state index in [1.165, 1.54) is 0 Å². The number of halogens is 3. The fourth-order valence-electron chi connectivity index (χ4n) is 1.58. The topological polar surface area (TPSA) is 64.9 Å². The molecule has 0 saturated heterocycles. The molecule has 0 amide bonds. The zero-order chi connectivity index (χ0) is 15.1. The maximum atomic E-state index is 13.6. The number of nitrogens with two attached hydrogens (primary N) is 1. The Balaban J connectivity index is 2.39. The molecule has 1 unspecified atom stereocenters. The van der Waals surface area contributed by atoms with E-state index in [1.54, 1.807) is 0 Å². The summed E-state index contributed by atoms with van der Waals surface area (Å²) in [6, 6.07) is 0.00234. The summed E-state index contributed by atoms with van der Waals surface area (Å²) >= 11 is 0. The molecule has 2 aromatic rings. The smallest absolute Gasteiger partial charge is 0.232 e. The number of hydrogen-bond donors (Lipinski definition) is 1. The number of hydrogen-bond acceptors (Lipinski definition) is 4. The van der Waals surface area contributed by atoms with Gasteiger partial charge in [-0.25, -0.2) is 13.2 Å². The Morgan fingerprint density at radius 1 is 1.10 bits per heavy atom. The van der Waals surface area contributed by atoms with E-state index in [-0.39, 0.29) is 11.4 Å². The van der Waals surface area contributed by atoms with Crippen LogP contribution in [0.25, 0.3) is 0 Å². The number of benzene rings is 1. The molecule has 0 saturated carbocycles. The van der Waals surface area contributed by atoms with Crippen LogP contribution in [0.15, 0.2) is 16.7 Å². The molecule has 4 nitrogen and oxygen atoms in total. The predicted octanol–water partition coefficient (Wildman–Crippen LogP) is 2.83. The highest BCUT2D eigenvalue weighted by molar-refractivity contribution is 5.27. The van der Waals surface area contributed by atoms with Gasteiger partial charge in [-0.3, -0.25) is 0 Å². The van der Waals surface area contributed by atoms with E-state index < -0.39 is 28.9 Å². The second kappa shape index (κ2) is 4.90. The minimum Gasteiger partial charge on any atom is -0.339 e. The molecule has 1 atom stereocenters. The molecule has 2 N–H and O–H groups in total. The quantitative estimate of drug-likeness (QED) is 0.862. The summed E-state index contributed by atoms with van der Waals surface area (Å²) in [6.07, 6.45) is 0. The molecule has 0 spiro atoms. The van der Waals surface area contributed by atoms with Crippen LogP contribution in [0.1, 0.15) is 44.1 Å². The van der Waals surface area contributed by atoms with Crippen molar-refractivity contribution in [3.63, 3.8) is 0 Å². The molecule has 0 aliphatic carbocycles. The van der Waals surface area contributed by atoms with E-state index in [2.05, 4.69) is 10.1 Å². The van der Waals surface area contributed by atoms with Gasteiger partial charge in [0.15, 0.2) is 17.5 Å². The zero-order valence-corrected chi connectivity index (χ0v) is 11.2. The molecule has 2 rings (SSSR count). The Kier molecular flexibility index (Phi) is 3.56. The number of nitrogens with zero attached hydrogens (tertiary/aromatic N) is 2. The molecule has 1 heterocycles. The third-order valence-corrected chi connectivity index (χ3v) is 2.74. The number of rotatable bonds is 2. The lowest BCUT2D eigenvalue weighted by atomic mass is 9.97. The molecule has 0 bridgehead atoms. The van der Waals surface area contributed by atoms with Crippen molar-refractivity contribution in [2.24, 2.45) is 5.73 Å². The van der Waals surface area contributed by atoms with Gasteiger partial charge >= 0.3 is 0 Å². The maximum absolute atomic E-state index is 13.6. The Hall–Kier alpha value is -1.89. The maximum Gasteiger partial charge on any atom is 0.232 e. The minimum atomic E-state index is -1.28. The second-order valence-electron chi connectivity index (χ2n) is 5.47. The van der Waals surface area contributed by atoms with E-state index >= 15 is 0 Å². The van der Waals surface area contributed by atoms with Crippen LogP contribution in [0.5, 0.6) is 0 Å². The Labute approximate surface area is 113 Å². The SMILES string of the molecule is CC(C)(C)c1nc(C(N)c2cc(F)c(F)cc2F)no1. The van der Waals surface area contributed by atoms with Gasteiger partial charge in [0, 0.05) is 17.0 Å². The van der Waals surface area contributed by atoms with Gasteiger partial charge in [-0.1, -0.05) is 25.9 Å². The van der Waals surface area contributed by atoms with Crippen LogP contribution in [0.4, 0.5) is 13.2 Å². The molecular weight excluding hydrogens is 271 g/mol. The molecule has 7 heteroatoms. The summed E-state index contributed by atoms with van der Waals surface area (Å²) in [7, 11) is 0. The van der Waals surface area contributed by atoms with Crippen LogP contribution >= 0.6 is 0 Å². The fraction of sp³-hybridized carbons (Fsp3) is 0.385. The Bertz CT molecular complexity index is 634. The third kappa shape index (κ3) is 2.67. The lowest BCUT2D eigenvalue weighted by Crippen LogP contribution is -2.17. The van der Waals surface area contributed by atoms with E-state index in [1.807, 2.05) is 20.8 Å². The molecular formula is C13H14F3N3O. The summed E-state index contributed by atoms with van der Waals surface area (Å²) in [5.41, 5.74) is 5.16. The summed E-state index contributed by atoms with van der Waals surface area (Å²) in [5, 5.41) is 3.66. The van der Waals surface area contributed by atoms with E-state index in [0.29, 0.717) is 18.0 Å². The van der Waals surface area contributed by atoms with Gasteiger partial charge < -0.3 is 10.3 Å². The summed E-state index contributed by atoms with van der Waals surface area (Å²) in [4.78, 5) is 4.07. The van der Waals surface area contributed by atoms with E-state index in [9.17, 15) is 13.2 Å². The molecule has 0 aliphatic rings. The predicted molar refractivity (Wildman–Crippen MR) is 65.3 cm³/mol. The first-order valence-corrected chi connectivity index (χ1v) is 5.94. The van der Waals surface area contributed by atoms with Crippen LogP contribution in [-0.2, 0) is 5.41 Å². The van der Waals surface area contributed by atoms with E-state index in [0.717, 1.165) is 0 Å². The molecule has 108 valence electrons.